The summed E-state index contributed by atoms with van der Waals surface area (Å²) in [7, 11) is 3.23. The van der Waals surface area contributed by atoms with Gasteiger partial charge in [-0.15, -0.1) is 10.2 Å². The van der Waals surface area contributed by atoms with Gasteiger partial charge in [-0.2, -0.15) is 0 Å². The summed E-state index contributed by atoms with van der Waals surface area (Å²) < 4.78 is 5.83. The Morgan fingerprint density at radius 1 is 1.20 bits per heavy atom. The van der Waals surface area contributed by atoms with Crippen molar-refractivity contribution in [3.05, 3.63) is 41.5 Å². The number of nitrogens with one attached hydrogen (secondary N) is 1. The van der Waals surface area contributed by atoms with Crippen LogP contribution in [0.15, 0.2) is 30.3 Å². The summed E-state index contributed by atoms with van der Waals surface area (Å²) in [6, 6.07) is 10.3. The van der Waals surface area contributed by atoms with Crippen molar-refractivity contribution in [1.82, 2.24) is 15.5 Å². The number of urea groups is 1. The van der Waals surface area contributed by atoms with Crippen LogP contribution in [0.25, 0.3) is 0 Å². The molecule has 0 unspecified atom stereocenters. The highest BCUT2D eigenvalue weighted by atomic mass is 16.5. The molecule has 1 aliphatic heterocycles. The quantitative estimate of drug-likeness (QED) is 0.787. The number of carbonyl (C=O) groups is 1. The van der Waals surface area contributed by atoms with E-state index in [0.717, 1.165) is 12.8 Å². The first-order valence-corrected chi connectivity index (χ1v) is 10.8. The van der Waals surface area contributed by atoms with Gasteiger partial charge in [0.2, 0.25) is 5.88 Å². The van der Waals surface area contributed by atoms with E-state index in [1.54, 1.807) is 26.2 Å². The lowest BCUT2D eigenvalue weighted by atomic mass is 9.71. The normalized spacial score (nSPS) is 20.6. The smallest absolute Gasteiger partial charge is 0.322 e. The molecule has 1 saturated carbocycles. The van der Waals surface area contributed by atoms with E-state index >= 15 is 0 Å². The Bertz CT molecular complexity index is 874. The molecule has 7 heteroatoms. The zero-order valence-electron chi connectivity index (χ0n) is 18.1. The predicted octanol–water partition coefficient (Wildman–Crippen LogP) is 3.73. The van der Waals surface area contributed by atoms with Crippen molar-refractivity contribution in [3.8, 4) is 5.88 Å². The maximum atomic E-state index is 11.6. The predicted molar refractivity (Wildman–Crippen MR) is 118 cm³/mol. The van der Waals surface area contributed by atoms with E-state index in [4.69, 9.17) is 4.74 Å². The molecule has 2 amide bonds. The average Bonchev–Trinajstić information content (AvgIpc) is 3.27. The molecule has 2 fully saturated rings. The molecule has 1 aromatic carbocycles. The van der Waals surface area contributed by atoms with Gasteiger partial charge in [-0.1, -0.05) is 6.07 Å². The number of rotatable bonds is 6. The van der Waals surface area contributed by atoms with Crippen molar-refractivity contribution < 1.29 is 9.53 Å². The molecule has 0 spiro atoms. The fraction of sp³-hybridized carbons (Fsp3) is 0.522. The highest BCUT2D eigenvalue weighted by Gasteiger charge is 2.32. The molecule has 0 atom stereocenters. The lowest BCUT2D eigenvalue weighted by Gasteiger charge is -2.36. The van der Waals surface area contributed by atoms with Crippen molar-refractivity contribution in [3.63, 3.8) is 0 Å². The molecule has 2 aliphatic rings. The highest BCUT2D eigenvalue weighted by Crippen LogP contribution is 2.43. The minimum absolute atomic E-state index is 0.234. The van der Waals surface area contributed by atoms with Crippen LogP contribution in [0.4, 0.5) is 16.3 Å². The fourth-order valence-corrected chi connectivity index (χ4v) is 4.46. The van der Waals surface area contributed by atoms with Crippen LogP contribution in [0.2, 0.25) is 0 Å². The maximum Gasteiger partial charge on any atom is 0.322 e. The molecular formula is C23H31N5O2. The topological polar surface area (TPSA) is 70.6 Å². The third-order valence-corrected chi connectivity index (χ3v) is 6.36. The van der Waals surface area contributed by atoms with Gasteiger partial charge in [-0.3, -0.25) is 4.90 Å². The first-order chi connectivity index (χ1) is 14.5. The fourth-order valence-electron chi connectivity index (χ4n) is 4.46. The molecule has 1 aliphatic carbocycles. The van der Waals surface area contributed by atoms with Crippen LogP contribution in [-0.2, 0) is 0 Å². The lowest BCUT2D eigenvalue weighted by molar-refractivity contribution is 0.153. The van der Waals surface area contributed by atoms with E-state index in [1.807, 2.05) is 0 Å². The Kier molecular flexibility index (Phi) is 6.06. The van der Waals surface area contributed by atoms with Crippen LogP contribution in [-0.4, -0.2) is 50.0 Å². The second kappa shape index (κ2) is 8.90. The summed E-state index contributed by atoms with van der Waals surface area (Å²) in [5, 5.41) is 10.7. The van der Waals surface area contributed by atoms with Gasteiger partial charge in [0.1, 0.15) is 0 Å². The molecule has 1 aromatic heterocycles. The number of benzene rings is 1. The number of amides is 2. The Hall–Kier alpha value is -2.83. The van der Waals surface area contributed by atoms with E-state index < -0.39 is 0 Å². The number of aryl methyl sites for hydroxylation is 1. The van der Waals surface area contributed by atoms with Gasteiger partial charge < -0.3 is 15.0 Å². The molecule has 4 rings (SSSR count). The van der Waals surface area contributed by atoms with Gasteiger partial charge in [0.25, 0.3) is 0 Å². The second-order valence-corrected chi connectivity index (χ2v) is 8.42. The van der Waals surface area contributed by atoms with E-state index in [-0.39, 0.29) is 6.03 Å². The minimum atomic E-state index is -0.234. The zero-order chi connectivity index (χ0) is 21.1. The number of hydrogen-bond donors (Lipinski definition) is 1. The minimum Gasteiger partial charge on any atom is -0.476 e. The Labute approximate surface area is 178 Å². The highest BCUT2D eigenvalue weighted by molar-refractivity contribution is 5.89. The van der Waals surface area contributed by atoms with E-state index in [2.05, 4.69) is 45.5 Å². The SMILES string of the molecule is CNC(=O)N(C)c1ccc(OC[C@H]2C[C@@H](c3ccc(N4CCCC4)cc3C)C2)nn1. The molecule has 7 nitrogen and oxygen atoms in total. The molecule has 1 saturated heterocycles. The van der Waals surface area contributed by atoms with Crippen LogP contribution in [0.5, 0.6) is 5.88 Å². The van der Waals surface area contributed by atoms with Crippen molar-refractivity contribution in [2.45, 2.75) is 38.5 Å². The Balaban J connectivity index is 1.26. The number of hydrogen-bond acceptors (Lipinski definition) is 5. The van der Waals surface area contributed by atoms with Gasteiger partial charge in [0, 0.05) is 38.9 Å². The summed E-state index contributed by atoms with van der Waals surface area (Å²) in [6.07, 6.45) is 4.91. The number of anilines is 2. The summed E-state index contributed by atoms with van der Waals surface area (Å²) in [6.45, 7) is 5.27. The number of carbonyl (C=O) groups excluding carboxylic acids is 1. The third-order valence-electron chi connectivity index (χ3n) is 6.36. The summed E-state index contributed by atoms with van der Waals surface area (Å²) in [5.41, 5.74) is 4.26. The van der Waals surface area contributed by atoms with Crippen LogP contribution in [0.1, 0.15) is 42.7 Å². The van der Waals surface area contributed by atoms with Crippen LogP contribution >= 0.6 is 0 Å². The van der Waals surface area contributed by atoms with Gasteiger partial charge in [0.05, 0.1) is 6.61 Å². The van der Waals surface area contributed by atoms with Crippen LogP contribution < -0.4 is 19.9 Å². The van der Waals surface area contributed by atoms with Gasteiger partial charge in [-0.25, -0.2) is 4.79 Å². The second-order valence-electron chi connectivity index (χ2n) is 8.42. The first kappa shape index (κ1) is 20.4. The first-order valence-electron chi connectivity index (χ1n) is 10.8. The van der Waals surface area contributed by atoms with Crippen LogP contribution in [0, 0.1) is 12.8 Å². The van der Waals surface area contributed by atoms with E-state index in [9.17, 15) is 4.79 Å². The van der Waals surface area contributed by atoms with E-state index in [0.29, 0.717) is 30.1 Å². The van der Waals surface area contributed by atoms with Gasteiger partial charge >= 0.3 is 6.03 Å². The molecule has 160 valence electrons. The molecule has 0 bridgehead atoms. The maximum absolute atomic E-state index is 11.6. The Morgan fingerprint density at radius 3 is 2.60 bits per heavy atom. The molecule has 30 heavy (non-hydrogen) atoms. The van der Waals surface area contributed by atoms with Crippen molar-refractivity contribution in [2.24, 2.45) is 5.92 Å². The lowest BCUT2D eigenvalue weighted by Crippen LogP contribution is -2.35. The number of ether oxygens (including phenoxy) is 1. The van der Waals surface area contributed by atoms with Crippen molar-refractivity contribution in [2.75, 3.05) is 43.6 Å². The summed E-state index contributed by atoms with van der Waals surface area (Å²) >= 11 is 0. The molecule has 0 radical (unpaired) electrons. The standard InChI is InChI=1S/C23H31N5O2/c1-16-12-19(28-10-4-5-11-28)6-7-20(16)18-13-17(14-18)15-30-22-9-8-21(25-26-22)27(3)23(29)24-2/h6-9,12,17-18H,4-5,10-11,13-15H2,1-3H3,(H,24,29)/t17-,18+. The monoisotopic (exact) mass is 409 g/mol. The van der Waals surface area contributed by atoms with Gasteiger partial charge in [0.15, 0.2) is 5.82 Å². The molecule has 1 N–H and O–H groups in total. The third kappa shape index (κ3) is 4.35. The van der Waals surface area contributed by atoms with Crippen LogP contribution in [0.3, 0.4) is 0 Å². The molecular weight excluding hydrogens is 378 g/mol. The average molecular weight is 410 g/mol. The van der Waals surface area contributed by atoms with Crippen molar-refractivity contribution >= 4 is 17.5 Å². The summed E-state index contributed by atoms with van der Waals surface area (Å²) in [5.74, 6) is 2.15. The zero-order valence-corrected chi connectivity index (χ0v) is 18.1. The molecule has 2 aromatic rings. The van der Waals surface area contributed by atoms with Crippen molar-refractivity contribution in [1.29, 1.82) is 0 Å². The molecule has 2 heterocycles. The number of aromatic nitrogens is 2. The van der Waals surface area contributed by atoms with Gasteiger partial charge in [-0.05, 0) is 73.8 Å². The number of nitrogens with zero attached hydrogens (tertiary/aromatic N) is 4. The van der Waals surface area contributed by atoms with E-state index in [1.165, 1.54) is 47.6 Å². The Morgan fingerprint density at radius 2 is 1.97 bits per heavy atom. The largest absolute Gasteiger partial charge is 0.476 e. The summed E-state index contributed by atoms with van der Waals surface area (Å²) in [4.78, 5) is 15.5.